The van der Waals surface area contributed by atoms with Gasteiger partial charge in [-0.3, -0.25) is 10.2 Å². The number of nitrogens with two attached hydrogens (primary N) is 1. The topological polar surface area (TPSA) is 65.8 Å². The summed E-state index contributed by atoms with van der Waals surface area (Å²) in [5, 5.41) is 6.96. The fraction of sp³-hybridized carbons (Fsp3) is 0.520. The van der Waals surface area contributed by atoms with E-state index in [0.717, 1.165) is 31.2 Å². The van der Waals surface area contributed by atoms with Gasteiger partial charge in [0.1, 0.15) is 12.0 Å². The third-order valence-corrected chi connectivity index (χ3v) is 7.00. The number of nitrogens with zero attached hydrogens (tertiary/aromatic N) is 2. The zero-order valence-corrected chi connectivity index (χ0v) is 19.7. The molecule has 2 aromatic carbocycles. The summed E-state index contributed by atoms with van der Waals surface area (Å²) in [6, 6.07) is 15.4. The van der Waals surface area contributed by atoms with Crippen LogP contribution in [-0.4, -0.2) is 50.3 Å². The van der Waals surface area contributed by atoms with E-state index in [9.17, 15) is 13.2 Å². The van der Waals surface area contributed by atoms with Crippen LogP contribution in [0.2, 0.25) is 0 Å². The Morgan fingerprint density at radius 2 is 1.71 bits per heavy atom. The third-order valence-electron chi connectivity index (χ3n) is 7.00. The van der Waals surface area contributed by atoms with E-state index in [1.165, 1.54) is 11.8 Å². The average Bonchev–Trinajstić information content (AvgIpc) is 2.82. The number of para-hydroxylation sites is 2. The standard InChI is InChI=1S/C25H34F3N5O/c1-30-24-32(2)23(29)20-8-4-5-9-21(20)33(24)19-13-11-18(12-14-19)31-16-15-17-7-3-6-10-22(17)34-25(26,27)28/h3-10,18-19,23-24,30-31H,11-16,29H2,1-2H3. The quantitative estimate of drug-likeness (QED) is 0.562. The second kappa shape index (κ2) is 10.5. The summed E-state index contributed by atoms with van der Waals surface area (Å²) in [4.78, 5) is 4.62. The fourth-order valence-corrected chi connectivity index (χ4v) is 5.32. The maximum atomic E-state index is 12.7. The number of benzene rings is 2. The minimum atomic E-state index is -4.68. The number of ether oxygens (including phenoxy) is 1. The summed E-state index contributed by atoms with van der Waals surface area (Å²) in [5.74, 6) is -0.121. The lowest BCUT2D eigenvalue weighted by atomic mass is 9.88. The monoisotopic (exact) mass is 477 g/mol. The predicted molar refractivity (Wildman–Crippen MR) is 127 cm³/mol. The first kappa shape index (κ1) is 24.8. The highest BCUT2D eigenvalue weighted by molar-refractivity contribution is 5.58. The molecule has 0 spiro atoms. The molecule has 0 amide bonds. The fourth-order valence-electron chi connectivity index (χ4n) is 5.32. The van der Waals surface area contributed by atoms with Crippen LogP contribution in [0.5, 0.6) is 5.75 Å². The molecule has 4 N–H and O–H groups in total. The van der Waals surface area contributed by atoms with Gasteiger partial charge in [0.25, 0.3) is 0 Å². The molecule has 0 aromatic heterocycles. The number of rotatable bonds is 7. The first-order valence-electron chi connectivity index (χ1n) is 11.9. The van der Waals surface area contributed by atoms with Gasteiger partial charge in [-0.1, -0.05) is 36.4 Å². The van der Waals surface area contributed by atoms with Crippen molar-refractivity contribution in [2.75, 3.05) is 25.5 Å². The van der Waals surface area contributed by atoms with E-state index in [-0.39, 0.29) is 18.2 Å². The molecule has 2 aliphatic rings. The summed E-state index contributed by atoms with van der Waals surface area (Å²) >= 11 is 0. The van der Waals surface area contributed by atoms with Crippen molar-refractivity contribution in [2.45, 2.75) is 63.0 Å². The van der Waals surface area contributed by atoms with Crippen LogP contribution in [0, 0.1) is 0 Å². The number of anilines is 1. The Hall–Kier alpha value is -2.33. The van der Waals surface area contributed by atoms with E-state index in [2.05, 4.69) is 43.4 Å². The normalized spacial score (nSPS) is 25.8. The van der Waals surface area contributed by atoms with Crippen molar-refractivity contribution < 1.29 is 17.9 Å². The largest absolute Gasteiger partial charge is 0.573 e. The zero-order chi connectivity index (χ0) is 24.3. The lowest BCUT2D eigenvalue weighted by Crippen LogP contribution is -2.63. The van der Waals surface area contributed by atoms with E-state index in [0.29, 0.717) is 30.6 Å². The van der Waals surface area contributed by atoms with Crippen molar-refractivity contribution in [1.29, 1.82) is 0 Å². The van der Waals surface area contributed by atoms with Crippen LogP contribution in [-0.2, 0) is 6.42 Å². The summed E-state index contributed by atoms with van der Waals surface area (Å²) < 4.78 is 42.1. The van der Waals surface area contributed by atoms with E-state index in [1.807, 2.05) is 20.2 Å². The second-order valence-electron chi connectivity index (χ2n) is 9.10. The Bertz CT molecular complexity index is 948. The van der Waals surface area contributed by atoms with Crippen molar-refractivity contribution in [3.05, 3.63) is 59.7 Å². The molecule has 1 fully saturated rings. The lowest BCUT2D eigenvalue weighted by molar-refractivity contribution is -0.274. The maximum Gasteiger partial charge on any atom is 0.573 e. The average molecular weight is 478 g/mol. The Morgan fingerprint density at radius 1 is 1.03 bits per heavy atom. The molecule has 1 heterocycles. The SMILES string of the molecule is CNC1N(C)C(N)c2ccccc2N1C1CCC(NCCc2ccccc2OC(F)(F)F)CC1. The van der Waals surface area contributed by atoms with Crippen LogP contribution in [0.15, 0.2) is 48.5 Å². The van der Waals surface area contributed by atoms with Gasteiger partial charge < -0.3 is 20.7 Å². The van der Waals surface area contributed by atoms with Crippen LogP contribution in [0.25, 0.3) is 0 Å². The van der Waals surface area contributed by atoms with Crippen molar-refractivity contribution in [2.24, 2.45) is 5.73 Å². The highest BCUT2D eigenvalue weighted by atomic mass is 19.4. The number of nitrogens with one attached hydrogen (secondary N) is 2. The molecule has 2 aromatic rings. The van der Waals surface area contributed by atoms with Crippen molar-refractivity contribution in [3.63, 3.8) is 0 Å². The minimum absolute atomic E-state index is 0.0181. The van der Waals surface area contributed by atoms with Gasteiger partial charge in [-0.05, 0) is 70.4 Å². The first-order chi connectivity index (χ1) is 16.3. The second-order valence-corrected chi connectivity index (χ2v) is 9.10. The van der Waals surface area contributed by atoms with Crippen molar-refractivity contribution in [3.8, 4) is 5.75 Å². The van der Waals surface area contributed by atoms with Gasteiger partial charge in [-0.25, -0.2) is 0 Å². The van der Waals surface area contributed by atoms with E-state index >= 15 is 0 Å². The minimum Gasteiger partial charge on any atom is -0.406 e. The zero-order valence-electron chi connectivity index (χ0n) is 19.7. The molecule has 186 valence electrons. The molecule has 6 nitrogen and oxygen atoms in total. The van der Waals surface area contributed by atoms with Gasteiger partial charge >= 0.3 is 6.36 Å². The maximum absolute atomic E-state index is 12.7. The molecule has 2 atom stereocenters. The molecule has 1 saturated carbocycles. The molecule has 0 bridgehead atoms. The van der Waals surface area contributed by atoms with E-state index in [1.54, 1.807) is 18.2 Å². The first-order valence-corrected chi connectivity index (χ1v) is 11.9. The summed E-state index contributed by atoms with van der Waals surface area (Å²) in [5.41, 5.74) is 9.37. The Balaban J connectivity index is 1.34. The summed E-state index contributed by atoms with van der Waals surface area (Å²) in [6.45, 7) is 0.608. The van der Waals surface area contributed by atoms with Crippen LogP contribution >= 0.6 is 0 Å². The summed E-state index contributed by atoms with van der Waals surface area (Å²) in [6.07, 6.45) is -0.264. The molecule has 2 unspecified atom stereocenters. The van der Waals surface area contributed by atoms with Gasteiger partial charge in [0.15, 0.2) is 0 Å². The van der Waals surface area contributed by atoms with Crippen molar-refractivity contribution >= 4 is 5.69 Å². The predicted octanol–water partition coefficient (Wildman–Crippen LogP) is 3.94. The van der Waals surface area contributed by atoms with Crippen LogP contribution in [0.4, 0.5) is 18.9 Å². The van der Waals surface area contributed by atoms with E-state index < -0.39 is 6.36 Å². The highest BCUT2D eigenvalue weighted by Gasteiger charge is 2.39. The van der Waals surface area contributed by atoms with Crippen molar-refractivity contribution in [1.82, 2.24) is 15.5 Å². The Morgan fingerprint density at radius 3 is 2.41 bits per heavy atom. The van der Waals surface area contributed by atoms with Crippen LogP contribution in [0.1, 0.15) is 43.0 Å². The van der Waals surface area contributed by atoms with E-state index in [4.69, 9.17) is 5.73 Å². The number of hydrogen-bond donors (Lipinski definition) is 3. The summed E-state index contributed by atoms with van der Waals surface area (Å²) in [7, 11) is 4.00. The van der Waals surface area contributed by atoms with Crippen LogP contribution in [0.3, 0.4) is 0 Å². The number of fused-ring (bicyclic) bond motifs is 1. The van der Waals surface area contributed by atoms with Gasteiger partial charge in [-0.2, -0.15) is 0 Å². The molecular weight excluding hydrogens is 443 g/mol. The molecule has 0 saturated heterocycles. The molecule has 34 heavy (non-hydrogen) atoms. The highest BCUT2D eigenvalue weighted by Crippen LogP contribution is 2.38. The Kier molecular flexibility index (Phi) is 7.67. The molecule has 4 rings (SSSR count). The molecule has 1 aliphatic carbocycles. The smallest absolute Gasteiger partial charge is 0.406 e. The molecule has 9 heteroatoms. The van der Waals surface area contributed by atoms with Gasteiger partial charge in [0, 0.05) is 23.3 Å². The van der Waals surface area contributed by atoms with Gasteiger partial charge in [-0.15, -0.1) is 13.2 Å². The number of halogens is 3. The number of alkyl halides is 3. The van der Waals surface area contributed by atoms with Gasteiger partial charge in [0.05, 0.1) is 6.17 Å². The molecule has 1 aliphatic heterocycles. The van der Waals surface area contributed by atoms with Crippen LogP contribution < -0.4 is 26.0 Å². The third kappa shape index (κ3) is 5.49. The lowest BCUT2D eigenvalue weighted by Gasteiger charge is -2.51. The Labute approximate surface area is 199 Å². The number of hydrogen-bond acceptors (Lipinski definition) is 6. The molecular formula is C25H34F3N5O. The van der Waals surface area contributed by atoms with Gasteiger partial charge in [0.2, 0.25) is 0 Å². The molecule has 0 radical (unpaired) electrons.